The molecule has 0 saturated carbocycles. The van der Waals surface area contributed by atoms with Crippen LogP contribution in [0.25, 0.3) is 11.4 Å². The maximum atomic E-state index is 10.7. The highest BCUT2D eigenvalue weighted by molar-refractivity contribution is 5.74. The third kappa shape index (κ3) is 3.14. The van der Waals surface area contributed by atoms with Crippen LogP contribution in [0, 0.1) is 0 Å². The predicted molar refractivity (Wildman–Crippen MR) is 78.0 cm³/mol. The number of aromatic amines is 1. The molecule has 2 heterocycles. The normalized spacial score (nSPS) is 10.3. The molecule has 2 aromatic heterocycles. The lowest BCUT2D eigenvalue weighted by atomic mass is 10.1. The number of aromatic nitrogens is 3. The SMILES string of the molecule is O=Cc1cccc(COc2ccc(-c3ccn[nH]3)nc2)c1. The van der Waals surface area contributed by atoms with E-state index in [1.807, 2.05) is 30.3 Å². The molecule has 0 amide bonds. The van der Waals surface area contributed by atoms with Crippen molar-refractivity contribution in [1.82, 2.24) is 15.2 Å². The fourth-order valence-corrected chi connectivity index (χ4v) is 1.95. The van der Waals surface area contributed by atoms with E-state index in [0.29, 0.717) is 17.9 Å². The van der Waals surface area contributed by atoms with Gasteiger partial charge in [0.1, 0.15) is 18.6 Å². The zero-order valence-electron chi connectivity index (χ0n) is 11.2. The van der Waals surface area contributed by atoms with Crippen molar-refractivity contribution in [3.8, 4) is 17.1 Å². The van der Waals surface area contributed by atoms with Crippen molar-refractivity contribution in [2.75, 3.05) is 0 Å². The Kier molecular flexibility index (Phi) is 3.73. The molecule has 104 valence electrons. The second-order valence-corrected chi connectivity index (χ2v) is 4.50. The summed E-state index contributed by atoms with van der Waals surface area (Å²) in [5.74, 6) is 0.676. The van der Waals surface area contributed by atoms with E-state index in [1.165, 1.54) is 0 Å². The number of hydrogen-bond donors (Lipinski definition) is 1. The van der Waals surface area contributed by atoms with Gasteiger partial charge in [-0.3, -0.25) is 14.9 Å². The number of carbonyl (C=O) groups excluding carboxylic acids is 1. The van der Waals surface area contributed by atoms with Gasteiger partial charge in [-0.2, -0.15) is 5.10 Å². The van der Waals surface area contributed by atoms with Gasteiger partial charge < -0.3 is 4.74 Å². The van der Waals surface area contributed by atoms with E-state index in [0.717, 1.165) is 23.2 Å². The van der Waals surface area contributed by atoms with E-state index < -0.39 is 0 Å². The van der Waals surface area contributed by atoms with E-state index in [2.05, 4.69) is 15.2 Å². The van der Waals surface area contributed by atoms with E-state index in [4.69, 9.17) is 4.74 Å². The lowest BCUT2D eigenvalue weighted by molar-refractivity contribution is 0.112. The Balaban J connectivity index is 1.66. The molecule has 0 aliphatic rings. The largest absolute Gasteiger partial charge is 0.487 e. The number of hydrogen-bond acceptors (Lipinski definition) is 4. The minimum absolute atomic E-state index is 0.396. The van der Waals surface area contributed by atoms with Crippen LogP contribution in [0.3, 0.4) is 0 Å². The first kappa shape index (κ1) is 13.1. The number of benzene rings is 1. The van der Waals surface area contributed by atoms with E-state index in [1.54, 1.807) is 24.5 Å². The number of pyridine rings is 1. The van der Waals surface area contributed by atoms with Crippen molar-refractivity contribution in [2.45, 2.75) is 6.61 Å². The third-order valence-electron chi connectivity index (χ3n) is 3.01. The number of aldehydes is 1. The molecule has 5 heteroatoms. The molecule has 0 saturated heterocycles. The Morgan fingerprint density at radius 3 is 2.86 bits per heavy atom. The number of H-pyrrole nitrogens is 1. The summed E-state index contributed by atoms with van der Waals surface area (Å²) in [5, 5.41) is 6.75. The van der Waals surface area contributed by atoms with Crippen LogP contribution in [0.1, 0.15) is 15.9 Å². The number of nitrogens with zero attached hydrogens (tertiary/aromatic N) is 2. The summed E-state index contributed by atoms with van der Waals surface area (Å²) in [7, 11) is 0. The Morgan fingerprint density at radius 2 is 2.14 bits per heavy atom. The van der Waals surface area contributed by atoms with Crippen LogP contribution in [-0.4, -0.2) is 21.5 Å². The number of carbonyl (C=O) groups is 1. The summed E-state index contributed by atoms with van der Waals surface area (Å²) < 4.78 is 5.66. The zero-order valence-corrected chi connectivity index (χ0v) is 11.2. The first-order valence-corrected chi connectivity index (χ1v) is 6.48. The molecule has 0 spiro atoms. The highest BCUT2D eigenvalue weighted by atomic mass is 16.5. The van der Waals surface area contributed by atoms with Gasteiger partial charge in [0.05, 0.1) is 17.6 Å². The summed E-state index contributed by atoms with van der Waals surface area (Å²) in [5.41, 5.74) is 3.25. The Bertz CT molecular complexity index is 722. The Hall–Kier alpha value is -2.95. The smallest absolute Gasteiger partial charge is 0.150 e. The van der Waals surface area contributed by atoms with Crippen molar-refractivity contribution < 1.29 is 9.53 Å². The van der Waals surface area contributed by atoms with Gasteiger partial charge in [0.2, 0.25) is 0 Å². The predicted octanol–water partition coefficient (Wildman–Crippen LogP) is 2.86. The van der Waals surface area contributed by atoms with Gasteiger partial charge >= 0.3 is 0 Å². The molecule has 5 nitrogen and oxygen atoms in total. The number of nitrogens with one attached hydrogen (secondary N) is 1. The van der Waals surface area contributed by atoms with Crippen LogP contribution >= 0.6 is 0 Å². The molecule has 21 heavy (non-hydrogen) atoms. The second kappa shape index (κ2) is 6.00. The van der Waals surface area contributed by atoms with Crippen LogP contribution in [0.5, 0.6) is 5.75 Å². The first-order chi connectivity index (χ1) is 10.3. The third-order valence-corrected chi connectivity index (χ3v) is 3.01. The standard InChI is InChI=1S/C16H13N3O2/c20-10-12-2-1-3-13(8-12)11-21-14-4-5-15(17-9-14)16-6-7-18-19-16/h1-10H,11H2,(H,18,19). The zero-order chi connectivity index (χ0) is 14.5. The molecular weight excluding hydrogens is 266 g/mol. The molecule has 3 aromatic rings. The van der Waals surface area contributed by atoms with Crippen molar-refractivity contribution in [3.05, 3.63) is 66.0 Å². The summed E-state index contributed by atoms with van der Waals surface area (Å²) in [6, 6.07) is 12.9. The summed E-state index contributed by atoms with van der Waals surface area (Å²) in [6.45, 7) is 0.396. The second-order valence-electron chi connectivity index (χ2n) is 4.50. The molecule has 0 aliphatic carbocycles. The van der Waals surface area contributed by atoms with Gasteiger partial charge in [0.15, 0.2) is 0 Å². The number of ether oxygens (including phenoxy) is 1. The van der Waals surface area contributed by atoms with Gasteiger partial charge in [0.25, 0.3) is 0 Å². The fraction of sp³-hybridized carbons (Fsp3) is 0.0625. The van der Waals surface area contributed by atoms with Crippen molar-refractivity contribution in [2.24, 2.45) is 0 Å². The molecule has 1 N–H and O–H groups in total. The lowest BCUT2D eigenvalue weighted by Crippen LogP contribution is -1.97. The van der Waals surface area contributed by atoms with Crippen molar-refractivity contribution in [3.63, 3.8) is 0 Å². The van der Waals surface area contributed by atoms with Gasteiger partial charge in [-0.25, -0.2) is 0 Å². The highest BCUT2D eigenvalue weighted by Gasteiger charge is 2.02. The van der Waals surface area contributed by atoms with Crippen molar-refractivity contribution in [1.29, 1.82) is 0 Å². The Labute approximate surface area is 121 Å². The molecule has 0 unspecified atom stereocenters. The average molecular weight is 279 g/mol. The molecular formula is C16H13N3O2. The van der Waals surface area contributed by atoms with Crippen LogP contribution in [0.15, 0.2) is 54.9 Å². The maximum Gasteiger partial charge on any atom is 0.150 e. The lowest BCUT2D eigenvalue weighted by Gasteiger charge is -2.06. The molecule has 1 aromatic carbocycles. The van der Waals surface area contributed by atoms with Gasteiger partial charge in [-0.15, -0.1) is 0 Å². The fourth-order valence-electron chi connectivity index (χ4n) is 1.95. The topological polar surface area (TPSA) is 67.9 Å². The van der Waals surface area contributed by atoms with E-state index in [-0.39, 0.29) is 0 Å². The van der Waals surface area contributed by atoms with Crippen LogP contribution < -0.4 is 4.74 Å². The van der Waals surface area contributed by atoms with Crippen LogP contribution in [0.2, 0.25) is 0 Å². The molecule has 0 atom stereocenters. The minimum Gasteiger partial charge on any atom is -0.487 e. The average Bonchev–Trinajstić information content (AvgIpc) is 3.08. The minimum atomic E-state index is 0.396. The number of rotatable bonds is 5. The van der Waals surface area contributed by atoms with Gasteiger partial charge in [-0.05, 0) is 29.8 Å². The molecule has 0 fully saturated rings. The summed E-state index contributed by atoms with van der Waals surface area (Å²) in [6.07, 6.45) is 4.17. The molecule has 0 bridgehead atoms. The van der Waals surface area contributed by atoms with E-state index >= 15 is 0 Å². The first-order valence-electron chi connectivity index (χ1n) is 6.48. The van der Waals surface area contributed by atoms with Crippen LogP contribution in [0.4, 0.5) is 0 Å². The van der Waals surface area contributed by atoms with Crippen LogP contribution in [-0.2, 0) is 6.61 Å². The van der Waals surface area contributed by atoms with E-state index in [9.17, 15) is 4.79 Å². The summed E-state index contributed by atoms with van der Waals surface area (Å²) in [4.78, 5) is 15.0. The molecule has 0 aliphatic heterocycles. The summed E-state index contributed by atoms with van der Waals surface area (Å²) >= 11 is 0. The maximum absolute atomic E-state index is 10.7. The monoisotopic (exact) mass is 279 g/mol. The highest BCUT2D eigenvalue weighted by Crippen LogP contribution is 2.18. The molecule has 3 rings (SSSR count). The van der Waals surface area contributed by atoms with Crippen molar-refractivity contribution >= 4 is 6.29 Å². The quantitative estimate of drug-likeness (QED) is 0.729. The van der Waals surface area contributed by atoms with Gasteiger partial charge in [0, 0.05) is 11.8 Å². The Morgan fingerprint density at radius 1 is 1.19 bits per heavy atom. The van der Waals surface area contributed by atoms with Gasteiger partial charge in [-0.1, -0.05) is 18.2 Å². The molecule has 0 radical (unpaired) electrons.